The van der Waals surface area contributed by atoms with Crippen LogP contribution in [0.2, 0.25) is 0 Å². The zero-order chi connectivity index (χ0) is 15.4. The molecule has 0 aromatic heterocycles. The van der Waals surface area contributed by atoms with Gasteiger partial charge in [0.2, 0.25) is 0 Å². The van der Waals surface area contributed by atoms with Gasteiger partial charge in [-0.05, 0) is 39.7 Å². The number of rotatable bonds is 5. The Hall–Kier alpha value is -2.41. The van der Waals surface area contributed by atoms with Crippen molar-refractivity contribution >= 4 is 27.6 Å². The lowest BCUT2D eigenvalue weighted by Crippen LogP contribution is -1.99. The number of aromatic carboxylic acids is 1. The molecule has 2 aromatic rings. The van der Waals surface area contributed by atoms with Crippen molar-refractivity contribution < 1.29 is 19.6 Å². The Morgan fingerprint density at radius 3 is 2.48 bits per heavy atom. The van der Waals surface area contributed by atoms with Gasteiger partial charge in [-0.25, -0.2) is 4.79 Å². The maximum atomic E-state index is 10.7. The molecule has 0 radical (unpaired) electrons. The van der Waals surface area contributed by atoms with Gasteiger partial charge in [-0.3, -0.25) is 10.1 Å². The number of nitro benzene ring substituents is 1. The first-order valence-electron chi connectivity index (χ1n) is 5.86. The van der Waals surface area contributed by atoms with Gasteiger partial charge >= 0.3 is 5.97 Å². The topological polar surface area (TPSA) is 89.7 Å². The number of ether oxygens (including phenoxy) is 1. The van der Waals surface area contributed by atoms with Gasteiger partial charge in [0.25, 0.3) is 5.69 Å². The molecule has 1 N–H and O–H groups in total. The maximum absolute atomic E-state index is 10.7. The molecule has 108 valence electrons. The highest BCUT2D eigenvalue weighted by molar-refractivity contribution is 9.10. The van der Waals surface area contributed by atoms with Crippen LogP contribution in [0, 0.1) is 10.1 Å². The molecule has 0 unspecified atom stereocenters. The van der Waals surface area contributed by atoms with Crippen molar-refractivity contribution in [3.8, 4) is 5.75 Å². The Morgan fingerprint density at radius 2 is 1.90 bits per heavy atom. The number of carbonyl (C=O) groups is 1. The third-order valence-corrected chi connectivity index (χ3v) is 3.38. The van der Waals surface area contributed by atoms with Crippen molar-refractivity contribution in [2.24, 2.45) is 0 Å². The Labute approximate surface area is 128 Å². The molecule has 6 nitrogen and oxygen atoms in total. The van der Waals surface area contributed by atoms with E-state index in [1.54, 1.807) is 18.2 Å². The smallest absolute Gasteiger partial charge is 0.335 e. The highest BCUT2D eigenvalue weighted by Crippen LogP contribution is 2.29. The molecule has 0 aliphatic rings. The van der Waals surface area contributed by atoms with Gasteiger partial charge in [0.15, 0.2) is 0 Å². The quantitative estimate of drug-likeness (QED) is 0.656. The fourth-order valence-electron chi connectivity index (χ4n) is 1.62. The highest BCUT2D eigenvalue weighted by atomic mass is 79.9. The minimum atomic E-state index is -0.996. The molecule has 2 rings (SSSR count). The van der Waals surface area contributed by atoms with Crippen LogP contribution in [-0.2, 0) is 6.61 Å². The van der Waals surface area contributed by atoms with Gasteiger partial charge in [-0.1, -0.05) is 12.1 Å². The van der Waals surface area contributed by atoms with E-state index in [1.165, 1.54) is 24.3 Å². The first-order valence-corrected chi connectivity index (χ1v) is 6.65. The van der Waals surface area contributed by atoms with Gasteiger partial charge in [0.1, 0.15) is 12.4 Å². The lowest BCUT2D eigenvalue weighted by Gasteiger charge is -2.08. The summed E-state index contributed by atoms with van der Waals surface area (Å²) < 4.78 is 6.12. The first-order chi connectivity index (χ1) is 9.97. The van der Waals surface area contributed by atoms with E-state index in [0.717, 1.165) is 5.56 Å². The molecule has 0 aliphatic heterocycles. The van der Waals surface area contributed by atoms with Crippen LogP contribution < -0.4 is 4.74 Å². The second-order valence-corrected chi connectivity index (χ2v) is 5.02. The molecule has 0 heterocycles. The fourth-order valence-corrected chi connectivity index (χ4v) is 1.98. The van der Waals surface area contributed by atoms with Crippen LogP contribution in [-0.4, -0.2) is 16.0 Å². The van der Waals surface area contributed by atoms with Crippen LogP contribution in [0.1, 0.15) is 15.9 Å². The fraction of sp³-hybridized carbons (Fsp3) is 0.0714. The van der Waals surface area contributed by atoms with Crippen molar-refractivity contribution in [3.05, 3.63) is 68.2 Å². The monoisotopic (exact) mass is 351 g/mol. The van der Waals surface area contributed by atoms with Crippen LogP contribution in [0.3, 0.4) is 0 Å². The molecule has 0 fully saturated rings. The van der Waals surface area contributed by atoms with E-state index in [9.17, 15) is 14.9 Å². The third kappa shape index (κ3) is 3.79. The number of nitrogens with zero attached hydrogens (tertiary/aromatic N) is 1. The lowest BCUT2D eigenvalue weighted by atomic mass is 10.1. The van der Waals surface area contributed by atoms with Gasteiger partial charge in [-0.2, -0.15) is 0 Å². The summed E-state index contributed by atoms with van der Waals surface area (Å²) in [6.07, 6.45) is 0. The van der Waals surface area contributed by atoms with Crippen LogP contribution in [0.25, 0.3) is 0 Å². The molecule has 0 spiro atoms. The molecule has 0 aliphatic carbocycles. The number of carboxylic acid groups (broad SMARTS) is 1. The Morgan fingerprint density at radius 1 is 1.24 bits per heavy atom. The molecule has 2 aromatic carbocycles. The summed E-state index contributed by atoms with van der Waals surface area (Å²) in [5, 5.41) is 19.5. The molecular formula is C14H10BrNO5. The van der Waals surface area contributed by atoms with Gasteiger partial charge < -0.3 is 9.84 Å². The molecule has 0 saturated carbocycles. The van der Waals surface area contributed by atoms with Crippen LogP contribution >= 0.6 is 15.9 Å². The van der Waals surface area contributed by atoms with Crippen molar-refractivity contribution in [2.45, 2.75) is 6.61 Å². The Kier molecular flexibility index (Phi) is 4.54. The summed E-state index contributed by atoms with van der Waals surface area (Å²) in [6.45, 7) is 0.180. The molecule has 0 saturated heterocycles. The molecule has 7 heteroatoms. The van der Waals surface area contributed by atoms with E-state index >= 15 is 0 Å². The summed E-state index contributed by atoms with van der Waals surface area (Å²) in [5.41, 5.74) is 0.892. The minimum absolute atomic E-state index is 0.0607. The highest BCUT2D eigenvalue weighted by Gasteiger charge is 2.10. The number of non-ortho nitro benzene ring substituents is 1. The zero-order valence-corrected chi connectivity index (χ0v) is 12.2. The van der Waals surface area contributed by atoms with E-state index in [1.807, 2.05) is 0 Å². The van der Waals surface area contributed by atoms with E-state index in [0.29, 0.717) is 10.2 Å². The van der Waals surface area contributed by atoms with Crippen molar-refractivity contribution in [1.29, 1.82) is 0 Å². The van der Waals surface area contributed by atoms with Gasteiger partial charge in [0, 0.05) is 6.07 Å². The summed E-state index contributed by atoms with van der Waals surface area (Å²) >= 11 is 3.26. The molecule has 0 bridgehead atoms. The predicted molar refractivity (Wildman–Crippen MR) is 78.5 cm³/mol. The molecule has 0 amide bonds. The summed E-state index contributed by atoms with van der Waals surface area (Å²) in [4.78, 5) is 21.0. The summed E-state index contributed by atoms with van der Waals surface area (Å²) in [6, 6.07) is 10.5. The van der Waals surface area contributed by atoms with Crippen LogP contribution in [0.15, 0.2) is 46.9 Å². The molecule has 0 atom stereocenters. The van der Waals surface area contributed by atoms with Crippen molar-refractivity contribution in [2.75, 3.05) is 0 Å². The summed E-state index contributed by atoms with van der Waals surface area (Å²) in [7, 11) is 0. The Balaban J connectivity index is 2.10. The third-order valence-electron chi connectivity index (χ3n) is 2.72. The van der Waals surface area contributed by atoms with E-state index in [2.05, 4.69) is 15.9 Å². The number of hydrogen-bond acceptors (Lipinski definition) is 4. The lowest BCUT2D eigenvalue weighted by molar-refractivity contribution is -0.385. The number of halogens is 1. The van der Waals surface area contributed by atoms with Crippen LogP contribution in [0.5, 0.6) is 5.75 Å². The minimum Gasteiger partial charge on any atom is -0.487 e. The SMILES string of the molecule is O=C(O)c1ccc(COc2cc([N+](=O)[O-])ccc2Br)cc1. The average Bonchev–Trinajstić information content (AvgIpc) is 2.46. The Bertz CT molecular complexity index is 684. The second-order valence-electron chi connectivity index (χ2n) is 4.16. The number of nitro groups is 1. The number of carboxylic acids is 1. The van der Waals surface area contributed by atoms with E-state index in [-0.39, 0.29) is 17.9 Å². The zero-order valence-electron chi connectivity index (χ0n) is 10.7. The van der Waals surface area contributed by atoms with Gasteiger partial charge in [0.05, 0.1) is 21.0 Å². The van der Waals surface area contributed by atoms with E-state index < -0.39 is 10.9 Å². The maximum Gasteiger partial charge on any atom is 0.335 e. The average molecular weight is 352 g/mol. The van der Waals surface area contributed by atoms with Crippen LogP contribution in [0.4, 0.5) is 5.69 Å². The molecular weight excluding hydrogens is 342 g/mol. The second kappa shape index (κ2) is 6.36. The van der Waals surface area contributed by atoms with Crippen molar-refractivity contribution in [1.82, 2.24) is 0 Å². The van der Waals surface area contributed by atoms with Gasteiger partial charge in [-0.15, -0.1) is 0 Å². The standard InChI is InChI=1S/C14H10BrNO5/c15-12-6-5-11(16(19)20)7-13(12)21-8-9-1-3-10(4-2-9)14(17)18/h1-7H,8H2,(H,17,18). The summed E-state index contributed by atoms with van der Waals surface area (Å²) in [5.74, 6) is -0.643. The number of hydrogen-bond donors (Lipinski definition) is 1. The number of benzene rings is 2. The van der Waals surface area contributed by atoms with Crippen molar-refractivity contribution in [3.63, 3.8) is 0 Å². The normalized spacial score (nSPS) is 10.1. The first kappa shape index (κ1) is 15.0. The largest absolute Gasteiger partial charge is 0.487 e. The van der Waals surface area contributed by atoms with E-state index in [4.69, 9.17) is 9.84 Å². The molecule has 21 heavy (non-hydrogen) atoms. The predicted octanol–water partition coefficient (Wildman–Crippen LogP) is 3.63.